The van der Waals surface area contributed by atoms with Gasteiger partial charge in [-0.3, -0.25) is 0 Å². The van der Waals surface area contributed by atoms with E-state index in [2.05, 4.69) is 18.2 Å². The van der Waals surface area contributed by atoms with E-state index < -0.39 is 0 Å². The molecule has 0 heterocycles. The number of hydrogen-bond donors (Lipinski definition) is 1. The van der Waals surface area contributed by atoms with Crippen molar-refractivity contribution in [3.8, 4) is 0 Å². The van der Waals surface area contributed by atoms with Gasteiger partial charge in [-0.2, -0.15) is 0 Å². The van der Waals surface area contributed by atoms with E-state index in [4.69, 9.17) is 5.73 Å². The fraction of sp³-hybridized carbons (Fsp3) is 0.0909. The van der Waals surface area contributed by atoms with Crippen LogP contribution in [0.4, 0.5) is 0 Å². The van der Waals surface area contributed by atoms with Gasteiger partial charge in [0.15, 0.2) is 0 Å². The molecule has 2 aromatic carbocycles. The Balaban J connectivity index is 2.79. The minimum atomic E-state index is 0.592. The molecule has 0 amide bonds. The molecule has 2 rings (SSSR count). The van der Waals surface area contributed by atoms with Crippen LogP contribution in [0.25, 0.3) is 10.8 Å². The smallest absolute Gasteiger partial charge is 0.0184 e. The van der Waals surface area contributed by atoms with E-state index in [1.54, 1.807) is 0 Å². The molecule has 1 radical (unpaired) electrons. The van der Waals surface area contributed by atoms with Crippen LogP contribution in [0.1, 0.15) is 5.56 Å². The number of benzene rings is 2. The third-order valence-electron chi connectivity index (χ3n) is 2.02. The lowest BCUT2D eigenvalue weighted by molar-refractivity contribution is 1.09. The maximum absolute atomic E-state index is 5.60. The Kier molecular flexibility index (Phi) is 1.80. The Morgan fingerprint density at radius 2 is 2.00 bits per heavy atom. The number of fused-ring (bicyclic) bond motifs is 1. The molecule has 0 saturated heterocycles. The predicted molar refractivity (Wildman–Crippen MR) is 50.7 cm³/mol. The molecule has 0 aliphatic carbocycles. The fourth-order valence-corrected chi connectivity index (χ4v) is 1.39. The first-order chi connectivity index (χ1) is 5.92. The van der Waals surface area contributed by atoms with Gasteiger partial charge in [-0.25, -0.2) is 0 Å². The van der Waals surface area contributed by atoms with Crippen molar-refractivity contribution in [3.05, 3.63) is 48.0 Å². The van der Waals surface area contributed by atoms with Gasteiger partial charge in [0, 0.05) is 6.54 Å². The molecular weight excluding hydrogens is 146 g/mol. The lowest BCUT2D eigenvalue weighted by Crippen LogP contribution is -1.96. The zero-order valence-corrected chi connectivity index (χ0v) is 6.75. The number of hydrogen-bond acceptors (Lipinski definition) is 1. The maximum atomic E-state index is 5.60. The van der Waals surface area contributed by atoms with Crippen molar-refractivity contribution >= 4 is 10.8 Å². The summed E-state index contributed by atoms with van der Waals surface area (Å²) >= 11 is 0. The van der Waals surface area contributed by atoms with Crippen LogP contribution < -0.4 is 5.73 Å². The highest BCUT2D eigenvalue weighted by Crippen LogP contribution is 2.16. The van der Waals surface area contributed by atoms with Crippen LogP contribution in [0.3, 0.4) is 0 Å². The van der Waals surface area contributed by atoms with Gasteiger partial charge in [0.1, 0.15) is 0 Å². The predicted octanol–water partition coefficient (Wildman–Crippen LogP) is 2.10. The molecule has 0 bridgehead atoms. The summed E-state index contributed by atoms with van der Waals surface area (Å²) in [6.45, 7) is 0.592. The van der Waals surface area contributed by atoms with Crippen molar-refractivity contribution in [2.75, 3.05) is 0 Å². The third kappa shape index (κ3) is 1.08. The van der Waals surface area contributed by atoms with Crippen LogP contribution in [-0.2, 0) is 6.54 Å². The first-order valence-corrected chi connectivity index (χ1v) is 4.00. The van der Waals surface area contributed by atoms with E-state index in [1.165, 1.54) is 10.9 Å². The van der Waals surface area contributed by atoms with E-state index in [0.29, 0.717) is 6.54 Å². The molecule has 59 valence electrons. The summed E-state index contributed by atoms with van der Waals surface area (Å²) in [6.07, 6.45) is 0. The number of nitrogens with two attached hydrogens (primary N) is 1. The molecule has 1 nitrogen and oxygen atoms in total. The van der Waals surface area contributed by atoms with Gasteiger partial charge in [0.25, 0.3) is 0 Å². The molecule has 0 aromatic heterocycles. The molecule has 0 aliphatic heterocycles. The van der Waals surface area contributed by atoms with Crippen molar-refractivity contribution in [2.24, 2.45) is 5.73 Å². The number of rotatable bonds is 1. The molecule has 0 atom stereocenters. The standard InChI is InChI=1S/C11H10N/c12-8-10-6-3-5-9-4-1-2-7-11(9)10/h1-4,6-7H,8,12H2. The van der Waals surface area contributed by atoms with E-state index in [9.17, 15) is 0 Å². The van der Waals surface area contributed by atoms with Crippen molar-refractivity contribution in [3.63, 3.8) is 0 Å². The van der Waals surface area contributed by atoms with Gasteiger partial charge in [0.2, 0.25) is 0 Å². The molecule has 0 spiro atoms. The van der Waals surface area contributed by atoms with E-state index in [1.807, 2.05) is 24.3 Å². The Hall–Kier alpha value is -1.34. The van der Waals surface area contributed by atoms with Crippen LogP contribution in [0.5, 0.6) is 0 Å². The molecule has 2 aromatic rings. The molecular formula is C11H10N. The van der Waals surface area contributed by atoms with Gasteiger partial charge in [0.05, 0.1) is 0 Å². The summed E-state index contributed by atoms with van der Waals surface area (Å²) in [5.74, 6) is 0. The minimum absolute atomic E-state index is 0.592. The molecule has 0 saturated carbocycles. The van der Waals surface area contributed by atoms with Gasteiger partial charge < -0.3 is 5.73 Å². The second kappa shape index (κ2) is 2.95. The molecule has 1 heteroatoms. The minimum Gasteiger partial charge on any atom is -0.326 e. The van der Waals surface area contributed by atoms with Gasteiger partial charge in [-0.05, 0) is 22.4 Å². The lowest BCUT2D eigenvalue weighted by atomic mass is 10.1. The molecule has 0 aliphatic rings. The first kappa shape index (κ1) is 7.32. The van der Waals surface area contributed by atoms with E-state index in [0.717, 1.165) is 5.39 Å². The summed E-state index contributed by atoms with van der Waals surface area (Å²) < 4.78 is 0. The quantitative estimate of drug-likeness (QED) is 0.672. The molecule has 12 heavy (non-hydrogen) atoms. The normalized spacial score (nSPS) is 10.4. The second-order valence-electron chi connectivity index (χ2n) is 2.75. The van der Waals surface area contributed by atoms with Crippen molar-refractivity contribution < 1.29 is 0 Å². The summed E-state index contributed by atoms with van der Waals surface area (Å²) in [7, 11) is 0. The topological polar surface area (TPSA) is 26.0 Å². The molecule has 0 fully saturated rings. The Bertz CT molecular complexity index is 388. The highest BCUT2D eigenvalue weighted by molar-refractivity contribution is 5.85. The van der Waals surface area contributed by atoms with E-state index >= 15 is 0 Å². The summed E-state index contributed by atoms with van der Waals surface area (Å²) in [6, 6.07) is 15.3. The summed E-state index contributed by atoms with van der Waals surface area (Å²) in [4.78, 5) is 0. The van der Waals surface area contributed by atoms with Crippen LogP contribution in [0, 0.1) is 6.07 Å². The lowest BCUT2D eigenvalue weighted by Gasteiger charge is -2.01. The fourth-order valence-electron chi connectivity index (χ4n) is 1.39. The average molecular weight is 156 g/mol. The van der Waals surface area contributed by atoms with Gasteiger partial charge in [-0.1, -0.05) is 36.4 Å². The highest BCUT2D eigenvalue weighted by atomic mass is 14.5. The second-order valence-corrected chi connectivity index (χ2v) is 2.75. The van der Waals surface area contributed by atoms with Crippen molar-refractivity contribution in [1.29, 1.82) is 0 Å². The third-order valence-corrected chi connectivity index (χ3v) is 2.02. The summed E-state index contributed by atoms with van der Waals surface area (Å²) in [5, 5.41) is 2.35. The SMILES string of the molecule is NCc1cc[c]c2ccccc12. The van der Waals surface area contributed by atoms with Crippen LogP contribution in [0.2, 0.25) is 0 Å². The van der Waals surface area contributed by atoms with Crippen LogP contribution in [0.15, 0.2) is 36.4 Å². The maximum Gasteiger partial charge on any atom is 0.0184 e. The van der Waals surface area contributed by atoms with Crippen molar-refractivity contribution in [1.82, 2.24) is 0 Å². The zero-order chi connectivity index (χ0) is 8.39. The van der Waals surface area contributed by atoms with Crippen LogP contribution >= 0.6 is 0 Å². The summed E-state index contributed by atoms with van der Waals surface area (Å²) in [5.41, 5.74) is 6.79. The largest absolute Gasteiger partial charge is 0.326 e. The van der Waals surface area contributed by atoms with Gasteiger partial charge in [-0.15, -0.1) is 0 Å². The monoisotopic (exact) mass is 156 g/mol. The van der Waals surface area contributed by atoms with E-state index in [-0.39, 0.29) is 0 Å². The Labute approximate surface area is 71.8 Å². The Morgan fingerprint density at radius 3 is 2.83 bits per heavy atom. The highest BCUT2D eigenvalue weighted by Gasteiger charge is 1.96. The Morgan fingerprint density at radius 1 is 1.17 bits per heavy atom. The average Bonchev–Trinajstić information content (AvgIpc) is 2.17. The van der Waals surface area contributed by atoms with Crippen LogP contribution in [-0.4, -0.2) is 0 Å². The van der Waals surface area contributed by atoms with Gasteiger partial charge >= 0.3 is 0 Å². The van der Waals surface area contributed by atoms with Crippen molar-refractivity contribution in [2.45, 2.75) is 6.54 Å². The first-order valence-electron chi connectivity index (χ1n) is 4.00. The molecule has 0 unspecified atom stereocenters. The zero-order valence-electron chi connectivity index (χ0n) is 6.75. The molecule has 2 N–H and O–H groups in total.